The zero-order valence-electron chi connectivity index (χ0n) is 12.2. The summed E-state index contributed by atoms with van der Waals surface area (Å²) in [6.45, 7) is 5.32. The van der Waals surface area contributed by atoms with E-state index in [1.807, 2.05) is 37.4 Å². The highest BCUT2D eigenvalue weighted by Gasteiger charge is 2.29. The van der Waals surface area contributed by atoms with Gasteiger partial charge in [0.25, 0.3) is 0 Å². The summed E-state index contributed by atoms with van der Waals surface area (Å²) in [4.78, 5) is 18.4. The molecule has 2 atom stereocenters. The second kappa shape index (κ2) is 5.41. The molecule has 3 heteroatoms. The van der Waals surface area contributed by atoms with E-state index in [0.29, 0.717) is 6.04 Å². The van der Waals surface area contributed by atoms with Crippen LogP contribution in [0.2, 0.25) is 0 Å². The largest absolute Gasteiger partial charge is 0.360 e. The Kier molecular flexibility index (Phi) is 3.62. The van der Waals surface area contributed by atoms with Gasteiger partial charge in [0, 0.05) is 28.7 Å². The number of Topliss-reactive ketones (excluding diaryl/α,β-unsaturated/α-hetero) is 1. The van der Waals surface area contributed by atoms with Crippen molar-refractivity contribution in [3.63, 3.8) is 0 Å². The van der Waals surface area contributed by atoms with Gasteiger partial charge in [-0.2, -0.15) is 0 Å². The fourth-order valence-electron chi connectivity index (χ4n) is 3.35. The van der Waals surface area contributed by atoms with Crippen molar-refractivity contribution in [2.75, 3.05) is 6.54 Å². The van der Waals surface area contributed by atoms with Crippen LogP contribution in [0.4, 0.5) is 0 Å². The van der Waals surface area contributed by atoms with Crippen LogP contribution in [0.25, 0.3) is 10.9 Å². The zero-order valence-corrected chi connectivity index (χ0v) is 12.2. The number of rotatable bonds is 3. The Bertz CT molecular complexity index is 616. The molecule has 1 aromatic carbocycles. The molecule has 106 valence electrons. The van der Waals surface area contributed by atoms with Crippen molar-refractivity contribution in [1.82, 2.24) is 9.88 Å². The summed E-state index contributed by atoms with van der Waals surface area (Å²) in [6.07, 6.45) is 5.55. The van der Waals surface area contributed by atoms with Crippen LogP contribution in [-0.2, 0) is 0 Å². The van der Waals surface area contributed by atoms with Crippen LogP contribution in [0.5, 0.6) is 0 Å². The topological polar surface area (TPSA) is 36.1 Å². The quantitative estimate of drug-likeness (QED) is 0.865. The van der Waals surface area contributed by atoms with E-state index in [9.17, 15) is 4.79 Å². The van der Waals surface area contributed by atoms with Crippen LogP contribution in [0.3, 0.4) is 0 Å². The Morgan fingerprint density at radius 3 is 2.95 bits per heavy atom. The number of ketones is 1. The minimum absolute atomic E-state index is 0.0375. The average molecular weight is 270 g/mol. The average Bonchev–Trinajstić information content (AvgIpc) is 2.90. The normalized spacial score (nSPS) is 22.0. The van der Waals surface area contributed by atoms with Gasteiger partial charge < -0.3 is 4.98 Å². The standard InChI is InChI=1S/C17H22N2O/c1-12-7-5-6-10-19(12)13(2)17(20)15-11-18-16-9-4-3-8-14(15)16/h3-4,8-9,11-13,18H,5-7,10H2,1-2H3/t12-,13-/m1/s1. The van der Waals surface area contributed by atoms with Crippen LogP contribution >= 0.6 is 0 Å². The highest BCUT2D eigenvalue weighted by molar-refractivity contribution is 6.10. The third-order valence-electron chi connectivity index (χ3n) is 4.59. The molecule has 0 saturated carbocycles. The number of H-pyrrole nitrogens is 1. The number of likely N-dealkylation sites (tertiary alicyclic amines) is 1. The van der Waals surface area contributed by atoms with Crippen LogP contribution in [0, 0.1) is 0 Å². The first-order chi connectivity index (χ1) is 9.68. The molecular formula is C17H22N2O. The van der Waals surface area contributed by atoms with Gasteiger partial charge in [0.1, 0.15) is 0 Å². The van der Waals surface area contributed by atoms with Gasteiger partial charge in [-0.1, -0.05) is 24.6 Å². The van der Waals surface area contributed by atoms with Crippen molar-refractivity contribution in [2.45, 2.75) is 45.2 Å². The van der Waals surface area contributed by atoms with E-state index in [1.165, 1.54) is 19.3 Å². The number of piperidine rings is 1. The number of carbonyl (C=O) groups is 1. The predicted octanol–water partition coefficient (Wildman–Crippen LogP) is 3.61. The molecule has 0 spiro atoms. The fourth-order valence-corrected chi connectivity index (χ4v) is 3.35. The Hall–Kier alpha value is -1.61. The molecule has 0 amide bonds. The Morgan fingerprint density at radius 2 is 2.15 bits per heavy atom. The van der Waals surface area contributed by atoms with Crippen molar-refractivity contribution >= 4 is 16.7 Å². The molecule has 1 fully saturated rings. The van der Waals surface area contributed by atoms with Crippen LogP contribution < -0.4 is 0 Å². The number of fused-ring (bicyclic) bond motifs is 1. The summed E-state index contributed by atoms with van der Waals surface area (Å²) in [5, 5.41) is 1.04. The van der Waals surface area contributed by atoms with E-state index < -0.39 is 0 Å². The maximum absolute atomic E-state index is 12.8. The molecule has 1 saturated heterocycles. The molecule has 0 radical (unpaired) electrons. The van der Waals surface area contributed by atoms with E-state index >= 15 is 0 Å². The van der Waals surface area contributed by atoms with E-state index in [-0.39, 0.29) is 11.8 Å². The summed E-state index contributed by atoms with van der Waals surface area (Å²) < 4.78 is 0. The summed E-state index contributed by atoms with van der Waals surface area (Å²) in [5.74, 6) is 0.233. The van der Waals surface area contributed by atoms with Gasteiger partial charge in [-0.3, -0.25) is 9.69 Å². The first-order valence-corrected chi connectivity index (χ1v) is 7.54. The Balaban J connectivity index is 1.88. The second-order valence-corrected chi connectivity index (χ2v) is 5.87. The number of para-hydroxylation sites is 1. The Labute approximate surface area is 120 Å². The molecule has 1 aliphatic rings. The van der Waals surface area contributed by atoms with E-state index in [0.717, 1.165) is 23.0 Å². The van der Waals surface area contributed by atoms with E-state index in [2.05, 4.69) is 16.8 Å². The van der Waals surface area contributed by atoms with Gasteiger partial charge in [0.2, 0.25) is 0 Å². The van der Waals surface area contributed by atoms with Gasteiger partial charge in [0.15, 0.2) is 5.78 Å². The lowest BCUT2D eigenvalue weighted by Crippen LogP contribution is -2.47. The van der Waals surface area contributed by atoms with Gasteiger partial charge in [-0.05, 0) is 39.3 Å². The molecule has 0 unspecified atom stereocenters. The summed E-state index contributed by atoms with van der Waals surface area (Å²) in [5.41, 5.74) is 1.86. The van der Waals surface area contributed by atoms with Gasteiger partial charge >= 0.3 is 0 Å². The van der Waals surface area contributed by atoms with Crippen LogP contribution in [0.15, 0.2) is 30.5 Å². The maximum atomic E-state index is 12.8. The van der Waals surface area contributed by atoms with Crippen LogP contribution in [-0.4, -0.2) is 34.3 Å². The number of aromatic nitrogens is 1. The lowest BCUT2D eigenvalue weighted by atomic mass is 9.97. The molecule has 0 aliphatic carbocycles. The third-order valence-corrected chi connectivity index (χ3v) is 4.59. The number of benzene rings is 1. The monoisotopic (exact) mass is 270 g/mol. The minimum Gasteiger partial charge on any atom is -0.360 e. The van der Waals surface area contributed by atoms with Crippen molar-refractivity contribution in [3.05, 3.63) is 36.0 Å². The lowest BCUT2D eigenvalue weighted by molar-refractivity contribution is 0.0703. The molecule has 0 bridgehead atoms. The first kappa shape index (κ1) is 13.4. The van der Waals surface area contributed by atoms with Crippen molar-refractivity contribution in [1.29, 1.82) is 0 Å². The summed E-state index contributed by atoms with van der Waals surface area (Å²) in [6, 6.07) is 8.48. The molecule has 2 aromatic rings. The maximum Gasteiger partial charge on any atom is 0.181 e. The number of hydrogen-bond acceptors (Lipinski definition) is 2. The molecule has 3 nitrogen and oxygen atoms in total. The predicted molar refractivity (Wildman–Crippen MR) is 82.1 cm³/mol. The van der Waals surface area contributed by atoms with Crippen molar-refractivity contribution in [3.8, 4) is 0 Å². The molecule has 2 heterocycles. The molecule has 20 heavy (non-hydrogen) atoms. The van der Waals surface area contributed by atoms with Gasteiger partial charge in [-0.25, -0.2) is 0 Å². The SMILES string of the molecule is C[C@@H]1CCCCN1[C@H](C)C(=O)c1c[nH]c2ccccc12. The molecule has 3 rings (SSSR count). The zero-order chi connectivity index (χ0) is 14.1. The molecule has 1 aromatic heterocycles. The number of aromatic amines is 1. The second-order valence-electron chi connectivity index (χ2n) is 5.87. The number of hydrogen-bond donors (Lipinski definition) is 1. The fraction of sp³-hybridized carbons (Fsp3) is 0.471. The number of nitrogens with zero attached hydrogens (tertiary/aromatic N) is 1. The number of carbonyl (C=O) groups excluding carboxylic acids is 1. The lowest BCUT2D eigenvalue weighted by Gasteiger charge is -2.37. The highest BCUT2D eigenvalue weighted by Crippen LogP contribution is 2.24. The number of nitrogens with one attached hydrogen (secondary N) is 1. The molecule has 1 N–H and O–H groups in total. The molecule has 1 aliphatic heterocycles. The van der Waals surface area contributed by atoms with Crippen molar-refractivity contribution < 1.29 is 4.79 Å². The minimum atomic E-state index is -0.0375. The summed E-state index contributed by atoms with van der Waals surface area (Å²) >= 11 is 0. The molecular weight excluding hydrogens is 248 g/mol. The first-order valence-electron chi connectivity index (χ1n) is 7.54. The van der Waals surface area contributed by atoms with Crippen LogP contribution in [0.1, 0.15) is 43.5 Å². The van der Waals surface area contributed by atoms with E-state index in [1.54, 1.807) is 0 Å². The highest BCUT2D eigenvalue weighted by atomic mass is 16.1. The Morgan fingerprint density at radius 1 is 1.35 bits per heavy atom. The summed E-state index contributed by atoms with van der Waals surface area (Å²) in [7, 11) is 0. The third kappa shape index (κ3) is 2.27. The van der Waals surface area contributed by atoms with E-state index in [4.69, 9.17) is 0 Å². The smallest absolute Gasteiger partial charge is 0.181 e. The van der Waals surface area contributed by atoms with Gasteiger partial charge in [0.05, 0.1) is 6.04 Å². The van der Waals surface area contributed by atoms with Gasteiger partial charge in [-0.15, -0.1) is 0 Å². The van der Waals surface area contributed by atoms with Crippen molar-refractivity contribution in [2.24, 2.45) is 0 Å².